The molecule has 4 nitrogen and oxygen atoms in total. The first-order valence-electron chi connectivity index (χ1n) is 6.23. The molecule has 1 saturated heterocycles. The van der Waals surface area contributed by atoms with Gasteiger partial charge in [0, 0.05) is 18.7 Å². The summed E-state index contributed by atoms with van der Waals surface area (Å²) in [4.78, 5) is 13.1. The van der Waals surface area contributed by atoms with Gasteiger partial charge < -0.3 is 15.4 Å². The number of nitrogens with two attached hydrogens (primary N) is 1. The van der Waals surface area contributed by atoms with Gasteiger partial charge in [-0.15, -0.1) is 0 Å². The van der Waals surface area contributed by atoms with Gasteiger partial charge in [0.15, 0.2) is 0 Å². The van der Waals surface area contributed by atoms with Crippen molar-refractivity contribution in [3.8, 4) is 0 Å². The summed E-state index contributed by atoms with van der Waals surface area (Å²) >= 11 is 12.0. The van der Waals surface area contributed by atoms with Crippen LogP contribution in [0.1, 0.15) is 18.9 Å². The minimum absolute atomic E-state index is 0.0971. The second-order valence-corrected chi connectivity index (χ2v) is 5.53. The number of ether oxygens (including phenoxy) is 1. The van der Waals surface area contributed by atoms with E-state index in [0.717, 1.165) is 0 Å². The van der Waals surface area contributed by atoms with E-state index in [4.69, 9.17) is 33.7 Å². The molecule has 2 N–H and O–H groups in total. The van der Waals surface area contributed by atoms with Gasteiger partial charge >= 0.3 is 6.09 Å². The van der Waals surface area contributed by atoms with Crippen molar-refractivity contribution in [3.63, 3.8) is 0 Å². The minimum Gasteiger partial charge on any atom is -0.450 e. The van der Waals surface area contributed by atoms with Gasteiger partial charge in [0.1, 0.15) is 5.82 Å². The number of carbonyl (C=O) groups excluding carboxylic acids is 1. The zero-order chi connectivity index (χ0) is 14.9. The lowest BCUT2D eigenvalue weighted by Gasteiger charge is -2.26. The van der Waals surface area contributed by atoms with Crippen LogP contribution in [0.25, 0.3) is 0 Å². The van der Waals surface area contributed by atoms with Crippen molar-refractivity contribution in [2.75, 3.05) is 19.7 Å². The molecule has 0 radical (unpaired) electrons. The first kappa shape index (κ1) is 15.4. The highest BCUT2D eigenvalue weighted by Gasteiger charge is 2.42. The van der Waals surface area contributed by atoms with Gasteiger partial charge in [-0.25, -0.2) is 9.18 Å². The molecule has 1 aromatic rings. The number of halogens is 3. The van der Waals surface area contributed by atoms with Crippen LogP contribution < -0.4 is 5.73 Å². The first-order chi connectivity index (χ1) is 9.39. The largest absolute Gasteiger partial charge is 0.450 e. The first-order valence-corrected chi connectivity index (χ1v) is 6.99. The fourth-order valence-corrected chi connectivity index (χ4v) is 2.89. The van der Waals surface area contributed by atoms with E-state index in [1.165, 1.54) is 17.0 Å². The summed E-state index contributed by atoms with van der Waals surface area (Å²) in [5.41, 5.74) is 5.34. The summed E-state index contributed by atoms with van der Waals surface area (Å²) in [6.45, 7) is 2.52. The molecule has 1 aliphatic heterocycles. The number of hydrogen-bond acceptors (Lipinski definition) is 3. The third-order valence-electron chi connectivity index (χ3n) is 3.37. The molecule has 1 aromatic carbocycles. The molecule has 0 saturated carbocycles. The SMILES string of the molecule is CCOC(=O)N1CCC(N)(c2c(F)ccc(Cl)c2Cl)C1. The lowest BCUT2D eigenvalue weighted by Crippen LogP contribution is -2.42. The van der Waals surface area contributed by atoms with Gasteiger partial charge in [-0.05, 0) is 25.5 Å². The molecule has 1 unspecified atom stereocenters. The Morgan fingerprint density at radius 1 is 1.55 bits per heavy atom. The van der Waals surface area contributed by atoms with E-state index in [1.807, 2.05) is 0 Å². The van der Waals surface area contributed by atoms with Crippen LogP contribution in [0.2, 0.25) is 10.0 Å². The van der Waals surface area contributed by atoms with Gasteiger partial charge in [0.25, 0.3) is 0 Å². The predicted octanol–water partition coefficient (Wildman–Crippen LogP) is 3.15. The van der Waals surface area contributed by atoms with Crippen LogP contribution in [0.15, 0.2) is 12.1 Å². The quantitative estimate of drug-likeness (QED) is 0.852. The summed E-state index contributed by atoms with van der Waals surface area (Å²) in [6.07, 6.45) is -0.0682. The smallest absolute Gasteiger partial charge is 0.409 e. The number of hydrogen-bond donors (Lipinski definition) is 1. The third kappa shape index (κ3) is 2.71. The Morgan fingerprint density at radius 3 is 2.90 bits per heavy atom. The standard InChI is InChI=1S/C13H15Cl2FN2O2/c1-2-20-12(19)18-6-5-13(17,7-18)10-9(16)4-3-8(14)11(10)15/h3-4H,2,5-7,17H2,1H3. The maximum Gasteiger partial charge on any atom is 0.409 e. The Balaban J connectivity index is 2.30. The second kappa shape index (κ2) is 5.76. The average molecular weight is 321 g/mol. The summed E-state index contributed by atoms with van der Waals surface area (Å²) in [7, 11) is 0. The van der Waals surface area contributed by atoms with Gasteiger partial charge in [0.2, 0.25) is 0 Å². The molecule has 0 spiro atoms. The minimum atomic E-state index is -1.06. The van der Waals surface area contributed by atoms with Crippen molar-refractivity contribution in [2.45, 2.75) is 18.9 Å². The molecule has 110 valence electrons. The van der Waals surface area contributed by atoms with Crippen LogP contribution in [-0.4, -0.2) is 30.7 Å². The lowest BCUT2D eigenvalue weighted by atomic mass is 9.89. The maximum atomic E-state index is 14.0. The van der Waals surface area contributed by atoms with Crippen LogP contribution in [0, 0.1) is 5.82 Å². The van der Waals surface area contributed by atoms with Gasteiger partial charge in [-0.1, -0.05) is 23.2 Å². The lowest BCUT2D eigenvalue weighted by molar-refractivity contribution is 0.113. The fraction of sp³-hybridized carbons (Fsp3) is 0.462. The van der Waals surface area contributed by atoms with E-state index < -0.39 is 17.4 Å². The molecule has 0 aromatic heterocycles. The number of amides is 1. The molecule has 1 fully saturated rings. The van der Waals surface area contributed by atoms with Crippen molar-refractivity contribution >= 4 is 29.3 Å². The van der Waals surface area contributed by atoms with E-state index in [0.29, 0.717) is 13.0 Å². The van der Waals surface area contributed by atoms with Crippen LogP contribution >= 0.6 is 23.2 Å². The van der Waals surface area contributed by atoms with Crippen molar-refractivity contribution in [2.24, 2.45) is 5.73 Å². The molecule has 2 rings (SSSR count). The van der Waals surface area contributed by atoms with Crippen molar-refractivity contribution in [3.05, 3.63) is 33.6 Å². The van der Waals surface area contributed by atoms with E-state index in [-0.39, 0.29) is 28.8 Å². The van der Waals surface area contributed by atoms with Gasteiger partial charge in [-0.3, -0.25) is 0 Å². The van der Waals surface area contributed by atoms with Crippen LogP contribution in [0.4, 0.5) is 9.18 Å². The second-order valence-electron chi connectivity index (χ2n) is 4.74. The van der Waals surface area contributed by atoms with Crippen LogP contribution in [-0.2, 0) is 10.3 Å². The Labute approximate surface area is 126 Å². The summed E-state index contributed by atoms with van der Waals surface area (Å²) < 4.78 is 19.0. The number of benzene rings is 1. The highest BCUT2D eigenvalue weighted by atomic mass is 35.5. The molecular weight excluding hydrogens is 306 g/mol. The summed E-state index contributed by atoms with van der Waals surface area (Å²) in [5.74, 6) is -0.521. The number of carbonyl (C=O) groups is 1. The summed E-state index contributed by atoms with van der Waals surface area (Å²) in [6, 6.07) is 2.61. The van der Waals surface area contributed by atoms with Crippen molar-refractivity contribution in [1.29, 1.82) is 0 Å². The van der Waals surface area contributed by atoms with Crippen LogP contribution in [0.5, 0.6) is 0 Å². The zero-order valence-electron chi connectivity index (χ0n) is 11.0. The third-order valence-corrected chi connectivity index (χ3v) is 4.17. The molecule has 20 heavy (non-hydrogen) atoms. The fourth-order valence-electron chi connectivity index (χ4n) is 2.39. The van der Waals surface area contributed by atoms with E-state index >= 15 is 0 Å². The molecule has 0 aliphatic carbocycles. The molecule has 1 atom stereocenters. The molecule has 0 bridgehead atoms. The highest BCUT2D eigenvalue weighted by molar-refractivity contribution is 6.42. The topological polar surface area (TPSA) is 55.6 Å². The molecule has 7 heteroatoms. The molecular formula is C13H15Cl2FN2O2. The number of likely N-dealkylation sites (tertiary alicyclic amines) is 1. The zero-order valence-corrected chi connectivity index (χ0v) is 12.5. The molecule has 1 heterocycles. The molecule has 1 amide bonds. The number of nitrogens with zero attached hydrogens (tertiary/aromatic N) is 1. The highest BCUT2D eigenvalue weighted by Crippen LogP contribution is 2.39. The predicted molar refractivity (Wildman–Crippen MR) is 75.5 cm³/mol. The van der Waals surface area contributed by atoms with E-state index in [2.05, 4.69) is 0 Å². The Bertz CT molecular complexity index is 541. The monoisotopic (exact) mass is 320 g/mol. The average Bonchev–Trinajstić information content (AvgIpc) is 2.78. The summed E-state index contributed by atoms with van der Waals surface area (Å²) in [5, 5.41) is 0.336. The van der Waals surface area contributed by atoms with Gasteiger partial charge in [0.05, 0.1) is 22.2 Å². The van der Waals surface area contributed by atoms with Crippen molar-refractivity contribution < 1.29 is 13.9 Å². The van der Waals surface area contributed by atoms with Crippen LogP contribution in [0.3, 0.4) is 0 Å². The number of rotatable bonds is 2. The normalized spacial score (nSPS) is 22.1. The van der Waals surface area contributed by atoms with Gasteiger partial charge in [-0.2, -0.15) is 0 Å². The van der Waals surface area contributed by atoms with Crippen molar-refractivity contribution in [1.82, 2.24) is 4.90 Å². The molecule has 1 aliphatic rings. The Kier molecular flexibility index (Phi) is 4.42. The Hall–Kier alpha value is -1.04. The van der Waals surface area contributed by atoms with E-state index in [9.17, 15) is 9.18 Å². The van der Waals surface area contributed by atoms with E-state index in [1.54, 1.807) is 6.92 Å². The Morgan fingerprint density at radius 2 is 2.25 bits per heavy atom. The maximum absolute atomic E-state index is 14.0.